The monoisotopic (exact) mass is 479 g/mol. The molecule has 2 aliphatic heterocycles. The van der Waals surface area contributed by atoms with E-state index in [9.17, 15) is 14.4 Å². The summed E-state index contributed by atoms with van der Waals surface area (Å²) in [7, 11) is 3.05. The maximum atomic E-state index is 13.7. The molecule has 2 aromatic rings. The standard InChI is InChI=1S/C26H29N3O6/c1-33-17-12-13-19(21(14-17)34-2)27-22(30)15-28-23-18-10-6-7-11-20(18)35-24(23)25(31)29(26(28)32)16-8-4-3-5-9-16/h3-5,8-9,12-14,18,20,23-24H,6-7,10-11,15H2,1-2H3,(H,27,30). The van der Waals surface area contributed by atoms with Gasteiger partial charge in [-0.3, -0.25) is 9.59 Å². The van der Waals surface area contributed by atoms with Crippen LogP contribution >= 0.6 is 0 Å². The number of urea groups is 1. The van der Waals surface area contributed by atoms with Crippen LogP contribution in [0.3, 0.4) is 0 Å². The summed E-state index contributed by atoms with van der Waals surface area (Å²) in [6.07, 6.45) is 2.89. The molecule has 2 heterocycles. The van der Waals surface area contributed by atoms with E-state index < -0.39 is 18.2 Å². The molecule has 9 heteroatoms. The Labute approximate surface area is 203 Å². The molecule has 0 aromatic heterocycles. The fourth-order valence-corrected chi connectivity index (χ4v) is 5.49. The maximum Gasteiger partial charge on any atom is 0.332 e. The summed E-state index contributed by atoms with van der Waals surface area (Å²) < 4.78 is 16.8. The SMILES string of the molecule is COc1ccc(NC(=O)CN2C(=O)N(c3ccccc3)C(=O)C3OC4CCCCC4C32)c(OC)c1. The van der Waals surface area contributed by atoms with E-state index in [1.807, 2.05) is 6.07 Å². The van der Waals surface area contributed by atoms with Crippen LogP contribution < -0.4 is 19.7 Å². The van der Waals surface area contributed by atoms with Gasteiger partial charge in [0.25, 0.3) is 5.91 Å². The van der Waals surface area contributed by atoms with Crippen molar-refractivity contribution in [2.24, 2.45) is 5.92 Å². The van der Waals surface area contributed by atoms with Gasteiger partial charge in [0.15, 0.2) is 6.10 Å². The number of carbonyl (C=O) groups is 3. The molecule has 9 nitrogen and oxygen atoms in total. The number of amides is 4. The van der Waals surface area contributed by atoms with Crippen molar-refractivity contribution in [2.75, 3.05) is 31.0 Å². The number of imide groups is 1. The Balaban J connectivity index is 1.44. The van der Waals surface area contributed by atoms with Crippen LogP contribution in [0.4, 0.5) is 16.2 Å². The second-order valence-electron chi connectivity index (χ2n) is 9.07. The molecule has 0 radical (unpaired) electrons. The third-order valence-electron chi connectivity index (χ3n) is 7.10. The van der Waals surface area contributed by atoms with Crippen molar-refractivity contribution in [1.29, 1.82) is 0 Å². The quantitative estimate of drug-likeness (QED) is 0.682. The number of hydrogen-bond acceptors (Lipinski definition) is 6. The molecule has 1 N–H and O–H groups in total. The van der Waals surface area contributed by atoms with Crippen LogP contribution in [-0.4, -0.2) is 61.8 Å². The smallest absolute Gasteiger partial charge is 0.332 e. The van der Waals surface area contributed by atoms with E-state index in [-0.39, 0.29) is 30.4 Å². The molecular weight excluding hydrogens is 450 g/mol. The van der Waals surface area contributed by atoms with Gasteiger partial charge < -0.3 is 24.4 Å². The molecule has 4 unspecified atom stereocenters. The maximum absolute atomic E-state index is 13.7. The highest BCUT2D eigenvalue weighted by Crippen LogP contribution is 2.43. The van der Waals surface area contributed by atoms with E-state index in [2.05, 4.69) is 5.32 Å². The number of benzene rings is 2. The molecule has 35 heavy (non-hydrogen) atoms. The van der Waals surface area contributed by atoms with Crippen LogP contribution in [0.2, 0.25) is 0 Å². The zero-order chi connectivity index (χ0) is 24.5. The van der Waals surface area contributed by atoms with Crippen LogP contribution in [0.5, 0.6) is 11.5 Å². The van der Waals surface area contributed by atoms with Gasteiger partial charge in [0.2, 0.25) is 5.91 Å². The molecule has 2 aromatic carbocycles. The summed E-state index contributed by atoms with van der Waals surface area (Å²) in [6.45, 7) is -0.210. The molecule has 4 atom stereocenters. The summed E-state index contributed by atoms with van der Waals surface area (Å²) in [6, 6.07) is 12.9. The zero-order valence-corrected chi connectivity index (χ0v) is 19.8. The molecule has 0 spiro atoms. The lowest BCUT2D eigenvalue weighted by Crippen LogP contribution is -2.65. The molecular formula is C26H29N3O6. The van der Waals surface area contributed by atoms with Crippen molar-refractivity contribution in [3.8, 4) is 11.5 Å². The molecule has 3 fully saturated rings. The predicted octanol–water partition coefficient (Wildman–Crippen LogP) is 3.44. The van der Waals surface area contributed by atoms with Gasteiger partial charge in [-0.05, 0) is 37.1 Å². The molecule has 2 saturated heterocycles. The van der Waals surface area contributed by atoms with Crippen molar-refractivity contribution in [3.63, 3.8) is 0 Å². The minimum atomic E-state index is -0.788. The van der Waals surface area contributed by atoms with Gasteiger partial charge in [-0.25, -0.2) is 9.69 Å². The van der Waals surface area contributed by atoms with Gasteiger partial charge >= 0.3 is 6.03 Å². The first-order valence-corrected chi connectivity index (χ1v) is 11.9. The molecule has 3 aliphatic rings. The van der Waals surface area contributed by atoms with Crippen molar-refractivity contribution in [2.45, 2.75) is 43.9 Å². The summed E-state index contributed by atoms with van der Waals surface area (Å²) in [5.41, 5.74) is 0.926. The number of ether oxygens (including phenoxy) is 3. The Morgan fingerprint density at radius 1 is 1.06 bits per heavy atom. The third-order valence-corrected chi connectivity index (χ3v) is 7.10. The number of rotatable bonds is 6. The Bertz CT molecular complexity index is 1120. The molecule has 4 amide bonds. The number of anilines is 2. The van der Waals surface area contributed by atoms with E-state index in [0.717, 1.165) is 30.6 Å². The molecule has 184 valence electrons. The van der Waals surface area contributed by atoms with Crippen LogP contribution in [0.25, 0.3) is 0 Å². The van der Waals surface area contributed by atoms with Crippen LogP contribution in [0.1, 0.15) is 25.7 Å². The largest absolute Gasteiger partial charge is 0.497 e. The number of methoxy groups -OCH3 is 2. The van der Waals surface area contributed by atoms with Gasteiger partial charge in [0.1, 0.15) is 18.0 Å². The van der Waals surface area contributed by atoms with E-state index in [1.165, 1.54) is 12.0 Å². The lowest BCUT2D eigenvalue weighted by molar-refractivity contribution is -0.133. The number of fused-ring (bicyclic) bond motifs is 3. The third kappa shape index (κ3) is 4.20. The Hall–Kier alpha value is -3.59. The van der Waals surface area contributed by atoms with Crippen molar-refractivity contribution in [3.05, 3.63) is 48.5 Å². The van der Waals surface area contributed by atoms with Crippen molar-refractivity contribution in [1.82, 2.24) is 4.90 Å². The normalized spacial score (nSPS) is 25.7. The lowest BCUT2D eigenvalue weighted by Gasteiger charge is -2.42. The molecule has 5 rings (SSSR count). The number of para-hydroxylation sites is 1. The molecule has 1 saturated carbocycles. The number of hydrogen-bond donors (Lipinski definition) is 1. The van der Waals surface area contributed by atoms with E-state index in [1.54, 1.807) is 49.6 Å². The fraction of sp³-hybridized carbons (Fsp3) is 0.423. The summed E-state index contributed by atoms with van der Waals surface area (Å²) in [5.74, 6) is 0.315. The van der Waals surface area contributed by atoms with Crippen LogP contribution in [-0.2, 0) is 14.3 Å². The minimum Gasteiger partial charge on any atom is -0.497 e. The first-order valence-electron chi connectivity index (χ1n) is 11.9. The van der Waals surface area contributed by atoms with E-state index in [0.29, 0.717) is 22.9 Å². The molecule has 0 bridgehead atoms. The second-order valence-corrected chi connectivity index (χ2v) is 9.07. The van der Waals surface area contributed by atoms with Gasteiger partial charge in [0, 0.05) is 12.0 Å². The number of nitrogens with one attached hydrogen (secondary N) is 1. The average Bonchev–Trinajstić information content (AvgIpc) is 3.27. The van der Waals surface area contributed by atoms with E-state index >= 15 is 0 Å². The summed E-state index contributed by atoms with van der Waals surface area (Å²) >= 11 is 0. The van der Waals surface area contributed by atoms with Gasteiger partial charge in [-0.2, -0.15) is 0 Å². The zero-order valence-electron chi connectivity index (χ0n) is 19.8. The van der Waals surface area contributed by atoms with Crippen LogP contribution in [0, 0.1) is 5.92 Å². The Morgan fingerprint density at radius 2 is 1.83 bits per heavy atom. The first kappa shape index (κ1) is 23.2. The highest BCUT2D eigenvalue weighted by molar-refractivity contribution is 6.18. The Kier molecular flexibility index (Phi) is 6.34. The lowest BCUT2D eigenvalue weighted by atomic mass is 9.81. The predicted molar refractivity (Wildman–Crippen MR) is 129 cm³/mol. The highest BCUT2D eigenvalue weighted by atomic mass is 16.5. The minimum absolute atomic E-state index is 0.0305. The first-order chi connectivity index (χ1) is 17.0. The topological polar surface area (TPSA) is 97.4 Å². The van der Waals surface area contributed by atoms with Gasteiger partial charge in [-0.15, -0.1) is 0 Å². The van der Waals surface area contributed by atoms with Gasteiger partial charge in [0.05, 0.1) is 37.7 Å². The van der Waals surface area contributed by atoms with Gasteiger partial charge in [-0.1, -0.05) is 31.0 Å². The number of nitrogens with zero attached hydrogens (tertiary/aromatic N) is 2. The average molecular weight is 480 g/mol. The molecule has 1 aliphatic carbocycles. The van der Waals surface area contributed by atoms with Crippen molar-refractivity contribution >= 4 is 29.2 Å². The fourth-order valence-electron chi connectivity index (χ4n) is 5.49. The van der Waals surface area contributed by atoms with E-state index in [4.69, 9.17) is 14.2 Å². The Morgan fingerprint density at radius 3 is 2.57 bits per heavy atom. The summed E-state index contributed by atoms with van der Waals surface area (Å²) in [4.78, 5) is 43.0. The second kappa shape index (κ2) is 9.58. The summed E-state index contributed by atoms with van der Waals surface area (Å²) in [5, 5.41) is 2.84. The van der Waals surface area contributed by atoms with Crippen molar-refractivity contribution < 1.29 is 28.6 Å². The van der Waals surface area contributed by atoms with Crippen LogP contribution in [0.15, 0.2) is 48.5 Å². The highest BCUT2D eigenvalue weighted by Gasteiger charge is 2.58. The number of carbonyl (C=O) groups excluding carboxylic acids is 3.